The summed E-state index contributed by atoms with van der Waals surface area (Å²) >= 11 is 0. The molecular formula is C16H25N3. The Kier molecular flexibility index (Phi) is 3.50. The number of nitrogens with two attached hydrogens (primary N) is 1. The molecule has 1 aromatic rings. The van der Waals surface area contributed by atoms with Crippen LogP contribution in [0.2, 0.25) is 0 Å². The van der Waals surface area contributed by atoms with Gasteiger partial charge in [-0.2, -0.15) is 0 Å². The molecule has 104 valence electrons. The summed E-state index contributed by atoms with van der Waals surface area (Å²) in [6.45, 7) is 8.40. The molecule has 3 unspecified atom stereocenters. The van der Waals surface area contributed by atoms with E-state index in [0.29, 0.717) is 12.1 Å². The van der Waals surface area contributed by atoms with E-state index in [0.717, 1.165) is 11.7 Å². The predicted molar refractivity (Wildman–Crippen MR) is 80.0 cm³/mol. The summed E-state index contributed by atoms with van der Waals surface area (Å²) in [5.41, 5.74) is 8.14. The molecule has 2 heterocycles. The minimum absolute atomic E-state index is 0.459. The largest absolute Gasteiger partial charge is 0.399 e. The second-order valence-corrected chi connectivity index (χ2v) is 6.18. The lowest BCUT2D eigenvalue weighted by Crippen LogP contribution is -2.55. The molecule has 1 aromatic carbocycles. The van der Waals surface area contributed by atoms with Gasteiger partial charge in [0.1, 0.15) is 0 Å². The van der Waals surface area contributed by atoms with Gasteiger partial charge < -0.3 is 5.73 Å². The average Bonchev–Trinajstić information content (AvgIpc) is 2.84. The van der Waals surface area contributed by atoms with Crippen LogP contribution in [0.4, 0.5) is 5.69 Å². The Morgan fingerprint density at radius 1 is 1.32 bits per heavy atom. The van der Waals surface area contributed by atoms with Crippen molar-refractivity contribution in [3.8, 4) is 0 Å². The van der Waals surface area contributed by atoms with Gasteiger partial charge in [-0.05, 0) is 50.9 Å². The third kappa shape index (κ3) is 2.49. The van der Waals surface area contributed by atoms with Gasteiger partial charge in [-0.25, -0.2) is 0 Å². The van der Waals surface area contributed by atoms with Crippen molar-refractivity contribution >= 4 is 5.69 Å². The molecule has 0 spiro atoms. The topological polar surface area (TPSA) is 32.5 Å². The van der Waals surface area contributed by atoms with Gasteiger partial charge in [0.15, 0.2) is 0 Å². The number of hydrogen-bond donors (Lipinski definition) is 1. The van der Waals surface area contributed by atoms with Crippen molar-refractivity contribution in [1.82, 2.24) is 9.80 Å². The van der Waals surface area contributed by atoms with Gasteiger partial charge >= 0.3 is 0 Å². The first kappa shape index (κ1) is 12.9. The number of hydrogen-bond acceptors (Lipinski definition) is 3. The van der Waals surface area contributed by atoms with Crippen molar-refractivity contribution in [3.63, 3.8) is 0 Å². The maximum atomic E-state index is 5.92. The van der Waals surface area contributed by atoms with Crippen LogP contribution >= 0.6 is 0 Å². The van der Waals surface area contributed by atoms with E-state index in [-0.39, 0.29) is 0 Å². The van der Waals surface area contributed by atoms with E-state index >= 15 is 0 Å². The molecule has 3 heteroatoms. The first-order chi connectivity index (χ1) is 9.15. The fourth-order valence-electron chi connectivity index (χ4n) is 3.76. The maximum absolute atomic E-state index is 5.92. The number of nitrogen functional groups attached to an aromatic ring is 1. The molecular weight excluding hydrogens is 234 g/mol. The Morgan fingerprint density at radius 2 is 2.16 bits per heavy atom. The van der Waals surface area contributed by atoms with Gasteiger partial charge in [-0.15, -0.1) is 0 Å². The lowest BCUT2D eigenvalue weighted by molar-refractivity contribution is 0.0326. The Labute approximate surface area is 116 Å². The van der Waals surface area contributed by atoms with Crippen LogP contribution in [0.5, 0.6) is 0 Å². The summed E-state index contributed by atoms with van der Waals surface area (Å²) in [7, 11) is 0. The first-order valence-corrected chi connectivity index (χ1v) is 7.50. The second kappa shape index (κ2) is 5.14. The van der Waals surface area contributed by atoms with E-state index in [1.807, 2.05) is 6.07 Å². The highest BCUT2D eigenvalue weighted by Crippen LogP contribution is 2.31. The number of fused-ring (bicyclic) bond motifs is 1. The molecule has 2 aliphatic rings. The van der Waals surface area contributed by atoms with E-state index in [1.165, 1.54) is 38.0 Å². The van der Waals surface area contributed by atoms with Gasteiger partial charge in [-0.3, -0.25) is 9.80 Å². The zero-order valence-corrected chi connectivity index (χ0v) is 12.0. The number of piperazine rings is 1. The van der Waals surface area contributed by atoms with E-state index in [9.17, 15) is 0 Å². The quantitative estimate of drug-likeness (QED) is 0.828. The summed E-state index contributed by atoms with van der Waals surface area (Å²) in [5, 5.41) is 0. The van der Waals surface area contributed by atoms with Crippen LogP contribution < -0.4 is 5.73 Å². The molecule has 0 amide bonds. The summed E-state index contributed by atoms with van der Waals surface area (Å²) in [6, 6.07) is 10.2. The molecule has 0 bridgehead atoms. The highest BCUT2D eigenvalue weighted by molar-refractivity contribution is 5.41. The lowest BCUT2D eigenvalue weighted by Gasteiger charge is -2.45. The Hall–Kier alpha value is -1.06. The third-order valence-corrected chi connectivity index (χ3v) is 4.88. The molecule has 2 aliphatic heterocycles. The highest BCUT2D eigenvalue weighted by atomic mass is 15.3. The monoisotopic (exact) mass is 259 g/mol. The zero-order valence-electron chi connectivity index (χ0n) is 12.0. The first-order valence-electron chi connectivity index (χ1n) is 7.50. The fourth-order valence-corrected chi connectivity index (χ4v) is 3.76. The van der Waals surface area contributed by atoms with Gasteiger partial charge in [0.25, 0.3) is 0 Å². The van der Waals surface area contributed by atoms with Crippen LogP contribution in [0.1, 0.15) is 38.3 Å². The summed E-state index contributed by atoms with van der Waals surface area (Å²) in [6.07, 6.45) is 2.74. The van der Waals surface area contributed by atoms with Crippen LogP contribution in [0.25, 0.3) is 0 Å². The second-order valence-electron chi connectivity index (χ2n) is 6.18. The Balaban J connectivity index is 1.77. The van der Waals surface area contributed by atoms with E-state index in [4.69, 9.17) is 5.73 Å². The minimum atomic E-state index is 0.459. The van der Waals surface area contributed by atoms with Crippen LogP contribution in [0.15, 0.2) is 24.3 Å². The highest BCUT2D eigenvalue weighted by Gasteiger charge is 2.36. The van der Waals surface area contributed by atoms with E-state index < -0.39 is 0 Å². The molecule has 3 rings (SSSR count). The Morgan fingerprint density at radius 3 is 2.95 bits per heavy atom. The third-order valence-electron chi connectivity index (χ3n) is 4.88. The van der Waals surface area contributed by atoms with E-state index in [2.05, 4.69) is 41.8 Å². The number of benzene rings is 1. The molecule has 2 fully saturated rings. The van der Waals surface area contributed by atoms with Gasteiger partial charge in [-0.1, -0.05) is 12.1 Å². The smallest absolute Gasteiger partial charge is 0.0324 e. The van der Waals surface area contributed by atoms with Gasteiger partial charge in [0, 0.05) is 36.9 Å². The van der Waals surface area contributed by atoms with Gasteiger partial charge in [0.2, 0.25) is 0 Å². The number of anilines is 1. The molecule has 0 aliphatic carbocycles. The normalized spacial score (nSPS) is 30.2. The predicted octanol–water partition coefficient (Wildman–Crippen LogP) is 2.50. The molecule has 3 nitrogen and oxygen atoms in total. The SMILES string of the molecule is CC1CN2CCCC2CN1C(C)c1cccc(N)c1. The average molecular weight is 259 g/mol. The summed E-state index contributed by atoms with van der Waals surface area (Å²) < 4.78 is 0. The van der Waals surface area contributed by atoms with Crippen molar-refractivity contribution in [3.05, 3.63) is 29.8 Å². The molecule has 0 aromatic heterocycles. The molecule has 0 saturated carbocycles. The maximum Gasteiger partial charge on any atom is 0.0324 e. The molecule has 3 atom stereocenters. The summed E-state index contributed by atoms with van der Waals surface area (Å²) in [5.74, 6) is 0. The number of rotatable bonds is 2. The van der Waals surface area contributed by atoms with Crippen molar-refractivity contribution < 1.29 is 0 Å². The standard InChI is InChI=1S/C16H25N3/c1-12-10-18-8-4-7-16(18)11-19(12)13(2)14-5-3-6-15(17)9-14/h3,5-6,9,12-13,16H,4,7-8,10-11,17H2,1-2H3. The van der Waals surface area contributed by atoms with Crippen LogP contribution in [0.3, 0.4) is 0 Å². The van der Waals surface area contributed by atoms with Crippen molar-refractivity contribution in [2.45, 2.75) is 44.8 Å². The van der Waals surface area contributed by atoms with E-state index in [1.54, 1.807) is 0 Å². The number of nitrogens with zero attached hydrogens (tertiary/aromatic N) is 2. The molecule has 19 heavy (non-hydrogen) atoms. The minimum Gasteiger partial charge on any atom is -0.399 e. The molecule has 2 saturated heterocycles. The van der Waals surface area contributed by atoms with Crippen molar-refractivity contribution in [2.75, 3.05) is 25.4 Å². The van der Waals surface area contributed by atoms with Crippen LogP contribution in [-0.2, 0) is 0 Å². The van der Waals surface area contributed by atoms with Crippen LogP contribution in [0, 0.1) is 0 Å². The zero-order chi connectivity index (χ0) is 13.4. The lowest BCUT2D eigenvalue weighted by atomic mass is 10.0. The van der Waals surface area contributed by atoms with Crippen LogP contribution in [-0.4, -0.2) is 41.5 Å². The van der Waals surface area contributed by atoms with Crippen molar-refractivity contribution in [1.29, 1.82) is 0 Å². The molecule has 2 N–H and O–H groups in total. The Bertz CT molecular complexity index is 445. The molecule has 0 radical (unpaired) electrons. The fraction of sp³-hybridized carbons (Fsp3) is 0.625. The van der Waals surface area contributed by atoms with Crippen molar-refractivity contribution in [2.24, 2.45) is 0 Å². The van der Waals surface area contributed by atoms with Gasteiger partial charge in [0.05, 0.1) is 0 Å². The summed E-state index contributed by atoms with van der Waals surface area (Å²) in [4.78, 5) is 5.33.